The number of nitrogens with two attached hydrogens (primary N) is 1. The fourth-order valence-electron chi connectivity index (χ4n) is 4.51. The highest BCUT2D eigenvalue weighted by Crippen LogP contribution is 2.41. The number of hydrogen-bond donors (Lipinski definition) is 8. The molecule has 0 fully saturated rings. The van der Waals surface area contributed by atoms with Crippen molar-refractivity contribution < 1.29 is 49.8 Å². The van der Waals surface area contributed by atoms with Crippen molar-refractivity contribution in [1.82, 2.24) is 5.32 Å². The van der Waals surface area contributed by atoms with Crippen LogP contribution in [-0.4, -0.2) is 60.3 Å². The molecule has 0 spiro atoms. The molecule has 2 rings (SSSR count). The van der Waals surface area contributed by atoms with Crippen molar-refractivity contribution in [2.75, 3.05) is 0 Å². The zero-order valence-electron chi connectivity index (χ0n) is 30.6. The summed E-state index contributed by atoms with van der Waals surface area (Å²) in [4.78, 5) is 42.0. The molecule has 12 nitrogen and oxygen atoms in total. The van der Waals surface area contributed by atoms with Crippen molar-refractivity contribution in [3.63, 3.8) is 0 Å². The first-order valence-corrected chi connectivity index (χ1v) is 15.4. The molecule has 0 heterocycles. The quantitative estimate of drug-likeness (QED) is 0.164. The first-order valence-electron chi connectivity index (χ1n) is 15.4. The minimum absolute atomic E-state index is 0.0214. The second-order valence-corrected chi connectivity index (χ2v) is 16.1. The molecule has 2 aromatic rings. The normalized spacial score (nSPS) is 12.1. The van der Waals surface area contributed by atoms with Gasteiger partial charge in [-0.3, -0.25) is 24.5 Å². The van der Waals surface area contributed by atoms with Crippen molar-refractivity contribution in [3.8, 4) is 11.5 Å². The Bertz CT molecular complexity index is 1310. The lowest BCUT2D eigenvalue weighted by atomic mass is 9.78. The lowest BCUT2D eigenvalue weighted by Gasteiger charge is -2.28. The van der Waals surface area contributed by atoms with Gasteiger partial charge in [0, 0.05) is 6.92 Å². The third-order valence-electron chi connectivity index (χ3n) is 6.86. The topological polar surface area (TPSA) is 228 Å². The van der Waals surface area contributed by atoms with Gasteiger partial charge in [-0.25, -0.2) is 0 Å². The maximum Gasteiger partial charge on any atom is 0.313 e. The molecule has 0 bridgehead atoms. The maximum absolute atomic E-state index is 10.9. The van der Waals surface area contributed by atoms with Crippen LogP contribution in [0.15, 0.2) is 24.3 Å². The van der Waals surface area contributed by atoms with E-state index in [1.165, 1.54) is 5.32 Å². The van der Waals surface area contributed by atoms with Crippen molar-refractivity contribution in [1.29, 1.82) is 0 Å². The number of aliphatic hydroxyl groups is 2. The second kappa shape index (κ2) is 15.8. The van der Waals surface area contributed by atoms with E-state index in [9.17, 15) is 29.4 Å². The van der Waals surface area contributed by atoms with E-state index in [2.05, 4.69) is 5.73 Å². The van der Waals surface area contributed by atoms with Gasteiger partial charge in [-0.2, -0.15) is 0 Å². The zero-order chi connectivity index (χ0) is 38.4. The molecule has 270 valence electrons. The minimum atomic E-state index is -2.40. The Hall–Kier alpha value is -4.16. The third kappa shape index (κ3) is 14.7. The van der Waals surface area contributed by atoms with Gasteiger partial charge >= 0.3 is 23.8 Å². The molecule has 0 saturated heterocycles. The van der Waals surface area contributed by atoms with Crippen LogP contribution in [0.4, 0.5) is 0 Å². The summed E-state index contributed by atoms with van der Waals surface area (Å²) in [6, 6.07) is 7.22. The van der Waals surface area contributed by atoms with Crippen LogP contribution >= 0.6 is 0 Å². The molecule has 2 amide bonds. The second-order valence-electron chi connectivity index (χ2n) is 16.1. The molecule has 0 radical (unpaired) electrons. The van der Waals surface area contributed by atoms with Gasteiger partial charge in [-0.1, -0.05) is 107 Å². The van der Waals surface area contributed by atoms with Gasteiger partial charge in [0.25, 0.3) is 0 Å². The number of carboxylic acid groups (broad SMARTS) is 2. The fourth-order valence-corrected chi connectivity index (χ4v) is 4.51. The Morgan fingerprint density at radius 3 is 0.917 bits per heavy atom. The summed E-state index contributed by atoms with van der Waals surface area (Å²) in [6.07, 6.45) is -0.0428. The molecule has 0 aliphatic heterocycles. The van der Waals surface area contributed by atoms with Gasteiger partial charge in [-0.05, 0) is 55.0 Å². The summed E-state index contributed by atoms with van der Waals surface area (Å²) in [5.74, 6) is -6.05. The summed E-state index contributed by atoms with van der Waals surface area (Å²) >= 11 is 0. The highest BCUT2D eigenvalue weighted by Gasteiger charge is 2.28. The number of carbonyl (C=O) groups excluding carboxylic acids is 2. The molecule has 0 aliphatic carbocycles. The van der Waals surface area contributed by atoms with E-state index in [1.807, 2.05) is 83.1 Å². The predicted octanol–water partition coefficient (Wildman–Crippen LogP) is 4.47. The highest BCUT2D eigenvalue weighted by molar-refractivity contribution is 6.34. The molecule has 12 heteroatoms. The van der Waals surface area contributed by atoms with E-state index in [0.717, 1.165) is 40.3 Å². The first-order chi connectivity index (χ1) is 21.2. The number of hydrogen-bond acceptors (Lipinski definition) is 8. The standard InChI is InChI=1S/2C16H24O3.C4H8N2O4/c2*1-15(2,3)11-7-10(9-13(17)18)8-12(14(11)19)16(4,5)6;1-4(9,10)6-3(8)2(5)7/h2*7-8,19H,9H2,1-6H3,(H,17,18);9-10H,1H3,(H2,5,7)(H,6,8). The number of carboxylic acids is 2. The Morgan fingerprint density at radius 2 is 0.792 bits per heavy atom. The molecular weight excluding hydrogens is 620 g/mol. The smallest absolute Gasteiger partial charge is 0.313 e. The van der Waals surface area contributed by atoms with E-state index in [-0.39, 0.29) is 46.0 Å². The minimum Gasteiger partial charge on any atom is -0.507 e. The van der Waals surface area contributed by atoms with Gasteiger partial charge in [0.2, 0.25) is 5.91 Å². The predicted molar refractivity (Wildman–Crippen MR) is 184 cm³/mol. The Morgan fingerprint density at radius 1 is 0.562 bits per heavy atom. The molecule has 0 saturated carbocycles. The van der Waals surface area contributed by atoms with E-state index < -0.39 is 29.7 Å². The van der Waals surface area contributed by atoms with Crippen molar-refractivity contribution >= 4 is 23.8 Å². The molecular formula is C36H56N2O10. The average molecular weight is 677 g/mol. The highest BCUT2D eigenvalue weighted by atomic mass is 16.5. The number of aromatic hydroxyl groups is 2. The molecule has 48 heavy (non-hydrogen) atoms. The van der Waals surface area contributed by atoms with E-state index in [0.29, 0.717) is 0 Å². The fraction of sp³-hybridized carbons (Fsp3) is 0.556. The number of rotatable bonds is 5. The molecule has 2 aromatic carbocycles. The monoisotopic (exact) mass is 676 g/mol. The summed E-state index contributed by atoms with van der Waals surface area (Å²) in [6.45, 7) is 25.0. The Kier molecular flexibility index (Phi) is 14.5. The summed E-state index contributed by atoms with van der Waals surface area (Å²) in [5, 5.41) is 57.3. The first kappa shape index (κ1) is 43.8. The SMILES string of the molecule is CC(C)(C)c1cc(CC(=O)O)cc(C(C)(C)C)c1O.CC(C)(C)c1cc(CC(=O)O)cc(C(C)(C)C)c1O.CC(O)(O)NC(=O)C(N)=O. The number of phenols is 2. The van der Waals surface area contributed by atoms with Crippen molar-refractivity contribution in [2.24, 2.45) is 5.73 Å². The molecule has 0 atom stereocenters. The Labute approximate surface area is 284 Å². The molecule has 0 aliphatic rings. The van der Waals surface area contributed by atoms with Gasteiger partial charge in [0.1, 0.15) is 11.5 Å². The lowest BCUT2D eigenvalue weighted by molar-refractivity contribution is -0.179. The van der Waals surface area contributed by atoms with E-state index in [4.69, 9.17) is 20.4 Å². The number of aliphatic carboxylic acids is 2. The largest absolute Gasteiger partial charge is 0.507 e. The Balaban J connectivity index is 0.000000727. The summed E-state index contributed by atoms with van der Waals surface area (Å²) < 4.78 is 0. The van der Waals surface area contributed by atoms with Crippen LogP contribution < -0.4 is 11.1 Å². The maximum atomic E-state index is 10.9. The van der Waals surface area contributed by atoms with Crippen LogP contribution in [0.2, 0.25) is 0 Å². The summed E-state index contributed by atoms with van der Waals surface area (Å²) in [5.41, 5.74) is 8.26. The van der Waals surface area contributed by atoms with Crippen LogP contribution in [0.5, 0.6) is 11.5 Å². The lowest BCUT2D eigenvalue weighted by Crippen LogP contribution is -2.50. The number of amides is 2. The molecule has 0 aromatic heterocycles. The number of phenolic OH excluding ortho intramolecular Hbond substituents is 2. The molecule has 0 unspecified atom stereocenters. The number of carbonyl (C=O) groups is 4. The van der Waals surface area contributed by atoms with Crippen LogP contribution in [0.3, 0.4) is 0 Å². The van der Waals surface area contributed by atoms with Gasteiger partial charge in [-0.15, -0.1) is 0 Å². The van der Waals surface area contributed by atoms with E-state index in [1.54, 1.807) is 24.3 Å². The van der Waals surface area contributed by atoms with E-state index >= 15 is 0 Å². The van der Waals surface area contributed by atoms with Crippen molar-refractivity contribution in [2.45, 2.75) is 130 Å². The van der Waals surface area contributed by atoms with Gasteiger partial charge in [0.15, 0.2) is 0 Å². The van der Waals surface area contributed by atoms with Gasteiger partial charge < -0.3 is 36.4 Å². The third-order valence-corrected chi connectivity index (χ3v) is 6.86. The van der Waals surface area contributed by atoms with Crippen LogP contribution in [-0.2, 0) is 53.7 Å². The van der Waals surface area contributed by atoms with Crippen LogP contribution in [0.25, 0.3) is 0 Å². The molecule has 9 N–H and O–H groups in total. The van der Waals surface area contributed by atoms with Crippen molar-refractivity contribution in [3.05, 3.63) is 57.6 Å². The number of nitrogens with one attached hydrogen (secondary N) is 1. The summed E-state index contributed by atoms with van der Waals surface area (Å²) in [7, 11) is 0. The zero-order valence-corrected chi connectivity index (χ0v) is 30.6. The average Bonchev–Trinajstić information content (AvgIpc) is 2.82. The number of primary amides is 1. The van der Waals surface area contributed by atoms with Crippen LogP contribution in [0.1, 0.15) is 123 Å². The van der Waals surface area contributed by atoms with Gasteiger partial charge in [0.05, 0.1) is 12.8 Å². The number of benzene rings is 2. The van der Waals surface area contributed by atoms with Crippen LogP contribution in [0, 0.1) is 0 Å².